The van der Waals surface area contributed by atoms with Crippen LogP contribution in [0.4, 0.5) is 5.69 Å². The summed E-state index contributed by atoms with van der Waals surface area (Å²) in [5.74, 6) is 1.28. The van der Waals surface area contributed by atoms with Crippen LogP contribution in [0.3, 0.4) is 0 Å². The molecule has 1 fully saturated rings. The van der Waals surface area contributed by atoms with E-state index in [1.54, 1.807) is 37.3 Å². The second-order valence-electron chi connectivity index (χ2n) is 6.15. The quantitative estimate of drug-likeness (QED) is 0.835. The number of carbonyl (C=O) groups excluding carboxylic acids is 1. The Hall–Kier alpha value is -2.54. The van der Waals surface area contributed by atoms with Gasteiger partial charge in [-0.15, -0.1) is 0 Å². The lowest BCUT2D eigenvalue weighted by molar-refractivity contribution is -0.118. The molecule has 1 aromatic carbocycles. The maximum absolute atomic E-state index is 11.9. The Balaban J connectivity index is 1.47. The molecular formula is C18H22N2O5. The number of aliphatic hydroxyl groups is 1. The molecule has 1 aliphatic carbocycles. The summed E-state index contributed by atoms with van der Waals surface area (Å²) in [6, 6.07) is 8.67. The molecule has 1 aromatic heterocycles. The first-order valence-corrected chi connectivity index (χ1v) is 8.41. The lowest BCUT2D eigenvalue weighted by atomic mass is 9.95. The van der Waals surface area contributed by atoms with Crippen molar-refractivity contribution in [3.05, 3.63) is 36.1 Å². The van der Waals surface area contributed by atoms with E-state index in [0.717, 1.165) is 25.7 Å². The largest absolute Gasteiger partial charge is 0.488 e. The molecular weight excluding hydrogens is 324 g/mol. The normalized spacial score (nSPS) is 20.1. The van der Waals surface area contributed by atoms with E-state index < -0.39 is 6.10 Å². The molecule has 0 saturated heterocycles. The molecule has 1 heterocycles. The van der Waals surface area contributed by atoms with Gasteiger partial charge in [-0.25, -0.2) is 0 Å². The van der Waals surface area contributed by atoms with Crippen LogP contribution in [0.25, 0.3) is 0 Å². The predicted molar refractivity (Wildman–Crippen MR) is 90.7 cm³/mol. The van der Waals surface area contributed by atoms with Crippen LogP contribution in [0.15, 0.2) is 34.9 Å². The van der Waals surface area contributed by atoms with E-state index in [2.05, 4.69) is 10.5 Å². The van der Waals surface area contributed by atoms with Gasteiger partial charge in [0, 0.05) is 11.8 Å². The second-order valence-corrected chi connectivity index (χ2v) is 6.15. The molecule has 7 nitrogen and oxygen atoms in total. The van der Waals surface area contributed by atoms with E-state index in [1.165, 1.54) is 0 Å². The highest BCUT2D eigenvalue weighted by molar-refractivity contribution is 5.91. The van der Waals surface area contributed by atoms with Crippen molar-refractivity contribution >= 4 is 11.6 Å². The van der Waals surface area contributed by atoms with Crippen LogP contribution in [0, 0.1) is 6.92 Å². The van der Waals surface area contributed by atoms with E-state index in [9.17, 15) is 9.90 Å². The molecule has 0 aliphatic heterocycles. The summed E-state index contributed by atoms with van der Waals surface area (Å²) in [6.45, 7) is 1.59. The minimum Gasteiger partial charge on any atom is -0.488 e. The molecule has 2 atom stereocenters. The van der Waals surface area contributed by atoms with Crippen LogP contribution in [-0.2, 0) is 4.79 Å². The van der Waals surface area contributed by atoms with Crippen LogP contribution in [-0.4, -0.2) is 35.0 Å². The molecule has 25 heavy (non-hydrogen) atoms. The second kappa shape index (κ2) is 8.02. The average Bonchev–Trinajstić information content (AvgIpc) is 3.02. The maximum atomic E-state index is 11.9. The summed E-state index contributed by atoms with van der Waals surface area (Å²) in [6.07, 6.45) is 3.18. The number of benzene rings is 1. The molecule has 2 aromatic rings. The molecule has 7 heteroatoms. The maximum Gasteiger partial charge on any atom is 0.262 e. The van der Waals surface area contributed by atoms with Gasteiger partial charge in [0.1, 0.15) is 17.6 Å². The van der Waals surface area contributed by atoms with Gasteiger partial charge in [0.05, 0.1) is 6.10 Å². The summed E-state index contributed by atoms with van der Waals surface area (Å²) in [5.41, 5.74) is 0.640. The molecule has 3 rings (SSSR count). The smallest absolute Gasteiger partial charge is 0.262 e. The van der Waals surface area contributed by atoms with Crippen molar-refractivity contribution in [1.29, 1.82) is 0 Å². The molecule has 0 bridgehead atoms. The predicted octanol–water partition coefficient (Wildman–Crippen LogP) is 2.68. The SMILES string of the molecule is Cc1cc(OCC(=O)Nc2ccc(O[C@@H]3CCCC[C@H]3O)cc2)no1. The van der Waals surface area contributed by atoms with Gasteiger partial charge in [-0.1, -0.05) is 6.42 Å². The highest BCUT2D eigenvalue weighted by Crippen LogP contribution is 2.24. The Morgan fingerprint density at radius 3 is 2.76 bits per heavy atom. The highest BCUT2D eigenvalue weighted by Gasteiger charge is 2.24. The van der Waals surface area contributed by atoms with Crippen LogP contribution in [0.1, 0.15) is 31.4 Å². The third-order valence-electron chi connectivity index (χ3n) is 4.05. The van der Waals surface area contributed by atoms with Crippen molar-refractivity contribution in [2.45, 2.75) is 44.8 Å². The fourth-order valence-electron chi connectivity index (χ4n) is 2.75. The van der Waals surface area contributed by atoms with Crippen molar-refractivity contribution in [1.82, 2.24) is 5.16 Å². The summed E-state index contributed by atoms with van der Waals surface area (Å²) in [4.78, 5) is 11.9. The van der Waals surface area contributed by atoms with Crippen LogP contribution in [0.2, 0.25) is 0 Å². The first-order valence-electron chi connectivity index (χ1n) is 8.41. The average molecular weight is 346 g/mol. The minimum atomic E-state index is -0.412. The van der Waals surface area contributed by atoms with E-state index in [0.29, 0.717) is 17.2 Å². The van der Waals surface area contributed by atoms with Crippen LogP contribution >= 0.6 is 0 Å². The standard InChI is InChI=1S/C18H22N2O5/c1-12-10-18(20-25-12)23-11-17(22)19-13-6-8-14(9-7-13)24-16-5-3-2-4-15(16)21/h6-10,15-16,21H,2-5,11H2,1H3,(H,19,22)/t15-,16-/m1/s1. The van der Waals surface area contributed by atoms with Crippen LogP contribution < -0.4 is 14.8 Å². The first-order chi connectivity index (χ1) is 12.1. The molecule has 1 saturated carbocycles. The molecule has 0 radical (unpaired) electrons. The zero-order chi connectivity index (χ0) is 17.6. The number of anilines is 1. The minimum absolute atomic E-state index is 0.154. The van der Waals surface area contributed by atoms with Gasteiger partial charge < -0.3 is 24.4 Å². The third kappa shape index (κ3) is 4.96. The number of aromatic nitrogens is 1. The Kier molecular flexibility index (Phi) is 5.55. The van der Waals surface area contributed by atoms with E-state index in [1.807, 2.05) is 0 Å². The Bertz CT molecular complexity index is 698. The Labute approximate surface area is 145 Å². The molecule has 0 unspecified atom stereocenters. The van der Waals surface area contributed by atoms with E-state index in [-0.39, 0.29) is 24.5 Å². The first kappa shape index (κ1) is 17.3. The van der Waals surface area contributed by atoms with E-state index >= 15 is 0 Å². The van der Waals surface area contributed by atoms with E-state index in [4.69, 9.17) is 14.0 Å². The third-order valence-corrected chi connectivity index (χ3v) is 4.05. The van der Waals surface area contributed by atoms with Gasteiger partial charge >= 0.3 is 0 Å². The molecule has 0 spiro atoms. The number of rotatable bonds is 6. The number of hydrogen-bond donors (Lipinski definition) is 2. The summed E-state index contributed by atoms with van der Waals surface area (Å²) >= 11 is 0. The Morgan fingerprint density at radius 2 is 2.08 bits per heavy atom. The van der Waals surface area contributed by atoms with Crippen molar-refractivity contribution in [3.63, 3.8) is 0 Å². The van der Waals surface area contributed by atoms with Crippen molar-refractivity contribution in [2.75, 3.05) is 11.9 Å². The molecule has 1 amide bonds. The summed E-state index contributed by atoms with van der Waals surface area (Å²) in [7, 11) is 0. The monoisotopic (exact) mass is 346 g/mol. The highest BCUT2D eigenvalue weighted by atomic mass is 16.5. The number of aliphatic hydroxyl groups excluding tert-OH is 1. The number of nitrogens with zero attached hydrogens (tertiary/aromatic N) is 1. The fraction of sp³-hybridized carbons (Fsp3) is 0.444. The van der Waals surface area contributed by atoms with Crippen molar-refractivity contribution < 1.29 is 23.9 Å². The van der Waals surface area contributed by atoms with Gasteiger partial charge in [-0.2, -0.15) is 0 Å². The lowest BCUT2D eigenvalue weighted by Gasteiger charge is -2.28. The van der Waals surface area contributed by atoms with Crippen LogP contribution in [0.5, 0.6) is 11.6 Å². The zero-order valence-electron chi connectivity index (χ0n) is 14.1. The number of carbonyl (C=O) groups is 1. The summed E-state index contributed by atoms with van der Waals surface area (Å²) < 4.78 is 15.9. The van der Waals surface area contributed by atoms with Crippen molar-refractivity contribution in [3.8, 4) is 11.6 Å². The number of aryl methyl sites for hydroxylation is 1. The molecule has 134 valence electrons. The van der Waals surface area contributed by atoms with Gasteiger partial charge in [-0.3, -0.25) is 4.79 Å². The van der Waals surface area contributed by atoms with Crippen molar-refractivity contribution in [2.24, 2.45) is 0 Å². The number of hydrogen-bond acceptors (Lipinski definition) is 6. The fourth-order valence-corrected chi connectivity index (χ4v) is 2.75. The van der Waals surface area contributed by atoms with Gasteiger partial charge in [0.15, 0.2) is 6.61 Å². The summed E-state index contributed by atoms with van der Waals surface area (Å²) in [5, 5.41) is 16.3. The topological polar surface area (TPSA) is 93.8 Å². The van der Waals surface area contributed by atoms with Gasteiger partial charge in [-0.05, 0) is 55.6 Å². The number of nitrogens with one attached hydrogen (secondary N) is 1. The zero-order valence-corrected chi connectivity index (χ0v) is 14.1. The Morgan fingerprint density at radius 1 is 1.32 bits per heavy atom. The number of amides is 1. The lowest BCUT2D eigenvalue weighted by Crippen LogP contribution is -2.34. The van der Waals surface area contributed by atoms with Gasteiger partial charge in [0.25, 0.3) is 11.8 Å². The van der Waals surface area contributed by atoms with Gasteiger partial charge in [0.2, 0.25) is 0 Å². The molecule has 1 aliphatic rings. The molecule has 2 N–H and O–H groups in total. The number of ether oxygens (including phenoxy) is 2.